The van der Waals surface area contributed by atoms with Crippen molar-refractivity contribution < 1.29 is 8.78 Å². The molecule has 7 heteroatoms. The summed E-state index contributed by atoms with van der Waals surface area (Å²) in [6, 6.07) is 13.3. The number of hydrogen-bond acceptors (Lipinski definition) is 4. The first-order valence-electron chi connectivity index (χ1n) is 7.69. The van der Waals surface area contributed by atoms with Crippen LogP contribution in [-0.2, 0) is 0 Å². The molecule has 0 saturated heterocycles. The summed E-state index contributed by atoms with van der Waals surface area (Å²) in [4.78, 5) is 14.4. The first-order valence-corrected chi connectivity index (χ1v) is 8.48. The molecule has 1 aromatic carbocycles. The molecule has 0 radical (unpaired) electrons. The molecule has 4 rings (SSSR count). The third-order valence-corrected chi connectivity index (χ3v) is 4.30. The van der Waals surface area contributed by atoms with E-state index in [4.69, 9.17) is 0 Å². The minimum absolute atomic E-state index is 0.442. The molecule has 0 atom stereocenters. The Labute approximate surface area is 156 Å². The number of nitrogens with zero attached hydrogens (tertiary/aromatic N) is 4. The number of pyridine rings is 3. The summed E-state index contributed by atoms with van der Waals surface area (Å²) in [6.07, 6.45) is 3.93. The van der Waals surface area contributed by atoms with Crippen LogP contribution in [-0.4, -0.2) is 15.0 Å². The highest BCUT2D eigenvalue weighted by molar-refractivity contribution is 9.10. The van der Waals surface area contributed by atoms with E-state index in [9.17, 15) is 8.78 Å². The van der Waals surface area contributed by atoms with E-state index in [1.54, 1.807) is 23.2 Å². The lowest BCUT2D eigenvalue weighted by Crippen LogP contribution is -2.13. The Morgan fingerprint density at radius 2 is 1.42 bits per heavy atom. The number of anilines is 3. The van der Waals surface area contributed by atoms with Crippen LogP contribution < -0.4 is 4.90 Å². The highest BCUT2D eigenvalue weighted by Crippen LogP contribution is 2.37. The molecule has 4 nitrogen and oxygen atoms in total. The standard InChI is InChI=1S/C19H11BrF2N4/c20-12-1-4-16-15(9-12)17(7-8-23-16)26(18-5-2-13(21)10-24-18)19-6-3-14(22)11-25-19/h1-11H. The second-order valence-corrected chi connectivity index (χ2v) is 6.41. The molecule has 0 aliphatic carbocycles. The van der Waals surface area contributed by atoms with E-state index in [2.05, 4.69) is 30.9 Å². The second kappa shape index (κ2) is 6.76. The number of fused-ring (bicyclic) bond motifs is 1. The zero-order valence-corrected chi connectivity index (χ0v) is 14.9. The third kappa shape index (κ3) is 3.13. The second-order valence-electron chi connectivity index (χ2n) is 5.50. The van der Waals surface area contributed by atoms with Crippen molar-refractivity contribution >= 4 is 44.2 Å². The molecule has 0 amide bonds. The normalized spacial score (nSPS) is 10.9. The van der Waals surface area contributed by atoms with Crippen LogP contribution in [0.3, 0.4) is 0 Å². The predicted octanol–water partition coefficient (Wildman–Crippen LogP) is 5.54. The lowest BCUT2D eigenvalue weighted by Gasteiger charge is -2.24. The fraction of sp³-hybridized carbons (Fsp3) is 0. The van der Waals surface area contributed by atoms with E-state index in [0.717, 1.165) is 33.5 Å². The molecule has 0 aliphatic rings. The van der Waals surface area contributed by atoms with Gasteiger partial charge in [0.15, 0.2) is 0 Å². The average molecular weight is 413 g/mol. The molecule has 0 unspecified atom stereocenters. The van der Waals surface area contributed by atoms with Crippen molar-refractivity contribution in [3.63, 3.8) is 0 Å². The molecule has 0 aliphatic heterocycles. The SMILES string of the molecule is Fc1ccc(N(c2ccc(F)cn2)c2ccnc3ccc(Br)cc23)nc1. The Balaban J connectivity index is 1.98. The maximum absolute atomic E-state index is 13.4. The summed E-state index contributed by atoms with van der Waals surface area (Å²) >= 11 is 3.47. The van der Waals surface area contributed by atoms with Crippen LogP contribution in [0.15, 0.2) is 71.6 Å². The van der Waals surface area contributed by atoms with Gasteiger partial charge in [0.25, 0.3) is 0 Å². The first kappa shape index (κ1) is 16.5. The predicted molar refractivity (Wildman–Crippen MR) is 99.6 cm³/mol. The zero-order chi connectivity index (χ0) is 18.1. The number of rotatable bonds is 3. The monoisotopic (exact) mass is 412 g/mol. The maximum atomic E-state index is 13.4. The molecule has 3 aromatic heterocycles. The maximum Gasteiger partial charge on any atom is 0.141 e. The van der Waals surface area contributed by atoms with Crippen LogP contribution >= 0.6 is 15.9 Å². The Morgan fingerprint density at radius 3 is 2.00 bits per heavy atom. The minimum atomic E-state index is -0.442. The zero-order valence-electron chi connectivity index (χ0n) is 13.3. The molecule has 3 heterocycles. The molecule has 0 spiro atoms. The molecule has 4 aromatic rings. The summed E-state index contributed by atoms with van der Waals surface area (Å²) < 4.78 is 27.6. The Hall–Kier alpha value is -2.93. The first-order chi connectivity index (χ1) is 12.6. The van der Waals surface area contributed by atoms with Crippen molar-refractivity contribution in [2.45, 2.75) is 0 Å². The van der Waals surface area contributed by atoms with E-state index in [0.29, 0.717) is 11.6 Å². The Bertz CT molecular complexity index is 1020. The minimum Gasteiger partial charge on any atom is -0.278 e. The van der Waals surface area contributed by atoms with E-state index >= 15 is 0 Å². The van der Waals surface area contributed by atoms with Crippen molar-refractivity contribution in [3.8, 4) is 0 Å². The van der Waals surface area contributed by atoms with Crippen LogP contribution in [0.5, 0.6) is 0 Å². The fourth-order valence-corrected chi connectivity index (χ4v) is 3.02. The van der Waals surface area contributed by atoms with Crippen LogP contribution in [0.1, 0.15) is 0 Å². The van der Waals surface area contributed by atoms with Crippen LogP contribution in [0.2, 0.25) is 0 Å². The largest absolute Gasteiger partial charge is 0.278 e. The van der Waals surface area contributed by atoms with Crippen molar-refractivity contribution in [2.24, 2.45) is 0 Å². The molecule has 128 valence electrons. The van der Waals surface area contributed by atoms with Gasteiger partial charge in [0.1, 0.15) is 23.3 Å². The van der Waals surface area contributed by atoms with E-state index in [1.165, 1.54) is 12.1 Å². The van der Waals surface area contributed by atoms with Gasteiger partial charge in [-0.2, -0.15) is 0 Å². The van der Waals surface area contributed by atoms with Gasteiger partial charge in [0, 0.05) is 16.1 Å². The van der Waals surface area contributed by atoms with Gasteiger partial charge < -0.3 is 0 Å². The van der Waals surface area contributed by atoms with Crippen LogP contribution in [0, 0.1) is 11.6 Å². The average Bonchev–Trinajstić information content (AvgIpc) is 2.65. The van der Waals surface area contributed by atoms with Crippen molar-refractivity contribution in [3.05, 3.63) is 83.2 Å². The summed E-state index contributed by atoms with van der Waals surface area (Å²) in [7, 11) is 0. The van der Waals surface area contributed by atoms with Gasteiger partial charge in [-0.1, -0.05) is 15.9 Å². The number of halogens is 3. The number of hydrogen-bond donors (Lipinski definition) is 0. The lowest BCUT2D eigenvalue weighted by atomic mass is 10.1. The van der Waals surface area contributed by atoms with Gasteiger partial charge in [-0.3, -0.25) is 9.88 Å². The van der Waals surface area contributed by atoms with Gasteiger partial charge in [-0.15, -0.1) is 0 Å². The fourth-order valence-electron chi connectivity index (χ4n) is 2.66. The summed E-state index contributed by atoms with van der Waals surface area (Å²) in [5.74, 6) is 0.0298. The third-order valence-electron chi connectivity index (χ3n) is 3.80. The Morgan fingerprint density at radius 1 is 0.769 bits per heavy atom. The van der Waals surface area contributed by atoms with Gasteiger partial charge in [-0.05, 0) is 48.5 Å². The summed E-state index contributed by atoms with van der Waals surface area (Å²) in [5, 5.41) is 0.846. The van der Waals surface area contributed by atoms with Crippen molar-refractivity contribution in [1.82, 2.24) is 15.0 Å². The number of aromatic nitrogens is 3. The molecule has 0 N–H and O–H groups in total. The molecule has 0 fully saturated rings. The van der Waals surface area contributed by atoms with Crippen LogP contribution in [0.4, 0.5) is 26.1 Å². The van der Waals surface area contributed by atoms with Gasteiger partial charge >= 0.3 is 0 Å². The van der Waals surface area contributed by atoms with Crippen molar-refractivity contribution in [1.29, 1.82) is 0 Å². The highest BCUT2D eigenvalue weighted by atomic mass is 79.9. The van der Waals surface area contributed by atoms with Crippen LogP contribution in [0.25, 0.3) is 10.9 Å². The molecular weight excluding hydrogens is 402 g/mol. The van der Waals surface area contributed by atoms with Gasteiger partial charge in [0.05, 0.1) is 23.6 Å². The lowest BCUT2D eigenvalue weighted by molar-refractivity contribution is 0.620. The molecule has 26 heavy (non-hydrogen) atoms. The van der Waals surface area contributed by atoms with Crippen molar-refractivity contribution in [2.75, 3.05) is 4.90 Å². The molecular formula is C19H11BrF2N4. The topological polar surface area (TPSA) is 41.9 Å². The number of benzene rings is 1. The summed E-state index contributed by atoms with van der Waals surface area (Å²) in [6.45, 7) is 0. The van der Waals surface area contributed by atoms with E-state index in [-0.39, 0.29) is 0 Å². The quantitative estimate of drug-likeness (QED) is 0.443. The molecule has 0 saturated carbocycles. The smallest absolute Gasteiger partial charge is 0.141 e. The van der Waals surface area contributed by atoms with E-state index in [1.807, 2.05) is 24.3 Å². The van der Waals surface area contributed by atoms with E-state index < -0.39 is 11.6 Å². The Kier molecular flexibility index (Phi) is 4.30. The highest BCUT2D eigenvalue weighted by Gasteiger charge is 2.18. The molecule has 0 bridgehead atoms. The van der Waals surface area contributed by atoms with Gasteiger partial charge in [-0.25, -0.2) is 18.7 Å². The summed E-state index contributed by atoms with van der Waals surface area (Å²) in [5.41, 5.74) is 1.52. The van der Waals surface area contributed by atoms with Gasteiger partial charge in [0.2, 0.25) is 0 Å².